The number of hydrogen-bond donors (Lipinski definition) is 1. The minimum Gasteiger partial charge on any atom is -0.462 e. The molecule has 1 amide bonds. The van der Waals surface area contributed by atoms with Crippen LogP contribution in [0.1, 0.15) is 46.1 Å². The first-order chi connectivity index (χ1) is 14.6. The molecule has 2 heterocycles. The van der Waals surface area contributed by atoms with Crippen molar-refractivity contribution in [3.05, 3.63) is 45.3 Å². The summed E-state index contributed by atoms with van der Waals surface area (Å²) in [6.45, 7) is 2.15. The highest BCUT2D eigenvalue weighted by molar-refractivity contribution is 7.17. The molecule has 1 aliphatic carbocycles. The Kier molecular flexibility index (Phi) is 5.72. The van der Waals surface area contributed by atoms with Crippen molar-refractivity contribution in [3.8, 4) is 17.6 Å². The number of aryl methyl sites for hydroxylation is 1. The van der Waals surface area contributed by atoms with Gasteiger partial charge in [0.15, 0.2) is 11.5 Å². The summed E-state index contributed by atoms with van der Waals surface area (Å²) in [5, 5.41) is 12.7. The fourth-order valence-corrected chi connectivity index (χ4v) is 4.83. The standard InChI is InChI=1S/C22H20N2O5S/c1-2-27-22(26)19-15-5-3-4-6-18(15)30-21(19)24-20(25)14(11-23)9-13-7-8-16-17(10-13)29-12-28-16/h7-10H,2-6,12H2,1H3,(H,24,25)/b14-9+. The van der Waals surface area contributed by atoms with Crippen molar-refractivity contribution in [2.45, 2.75) is 32.6 Å². The number of anilines is 1. The summed E-state index contributed by atoms with van der Waals surface area (Å²) < 4.78 is 15.8. The van der Waals surface area contributed by atoms with Gasteiger partial charge in [-0.15, -0.1) is 11.3 Å². The van der Waals surface area contributed by atoms with Crippen LogP contribution in [0.4, 0.5) is 5.00 Å². The first kappa shape index (κ1) is 20.0. The van der Waals surface area contributed by atoms with Crippen molar-refractivity contribution < 1.29 is 23.8 Å². The number of carbonyl (C=O) groups is 2. The monoisotopic (exact) mass is 424 g/mol. The maximum atomic E-state index is 12.8. The van der Waals surface area contributed by atoms with Gasteiger partial charge in [-0.3, -0.25) is 4.79 Å². The molecular formula is C22H20N2O5S. The number of rotatable bonds is 5. The number of carbonyl (C=O) groups excluding carboxylic acids is 2. The maximum Gasteiger partial charge on any atom is 0.341 e. The molecule has 1 aromatic carbocycles. The molecule has 4 rings (SSSR count). The van der Waals surface area contributed by atoms with E-state index in [9.17, 15) is 14.9 Å². The summed E-state index contributed by atoms with van der Waals surface area (Å²) >= 11 is 1.39. The average Bonchev–Trinajstić information content (AvgIpc) is 3.35. The predicted molar refractivity (Wildman–Crippen MR) is 112 cm³/mol. The number of ether oxygens (including phenoxy) is 3. The van der Waals surface area contributed by atoms with Gasteiger partial charge in [-0.1, -0.05) is 6.07 Å². The van der Waals surface area contributed by atoms with Crippen LogP contribution in [0.25, 0.3) is 6.08 Å². The van der Waals surface area contributed by atoms with Crippen LogP contribution >= 0.6 is 11.3 Å². The zero-order valence-corrected chi connectivity index (χ0v) is 17.3. The number of amides is 1. The van der Waals surface area contributed by atoms with E-state index in [-0.39, 0.29) is 19.0 Å². The van der Waals surface area contributed by atoms with E-state index in [0.29, 0.717) is 27.6 Å². The number of esters is 1. The first-order valence-electron chi connectivity index (χ1n) is 9.75. The van der Waals surface area contributed by atoms with Crippen LogP contribution in [-0.2, 0) is 22.4 Å². The number of fused-ring (bicyclic) bond motifs is 2. The Morgan fingerprint density at radius 3 is 2.87 bits per heavy atom. The van der Waals surface area contributed by atoms with Crippen LogP contribution in [0, 0.1) is 11.3 Å². The zero-order valence-electron chi connectivity index (χ0n) is 16.4. The molecule has 0 unspecified atom stereocenters. The molecule has 0 bridgehead atoms. The fourth-order valence-electron chi connectivity index (χ4n) is 3.56. The molecule has 2 aromatic rings. The third kappa shape index (κ3) is 3.89. The normalized spacial score (nSPS) is 14.6. The number of nitrogens with zero attached hydrogens (tertiary/aromatic N) is 1. The molecule has 154 valence electrons. The van der Waals surface area contributed by atoms with Gasteiger partial charge in [-0.25, -0.2) is 4.79 Å². The van der Waals surface area contributed by atoms with E-state index < -0.39 is 11.9 Å². The van der Waals surface area contributed by atoms with Crippen LogP contribution in [0.15, 0.2) is 23.8 Å². The summed E-state index contributed by atoms with van der Waals surface area (Å²) in [5.74, 6) is 0.181. The Balaban J connectivity index is 1.61. The minimum atomic E-state index is -0.570. The van der Waals surface area contributed by atoms with Crippen LogP contribution in [-0.4, -0.2) is 25.3 Å². The van der Waals surface area contributed by atoms with E-state index in [1.807, 2.05) is 6.07 Å². The van der Waals surface area contributed by atoms with Crippen molar-refractivity contribution in [1.82, 2.24) is 0 Å². The number of benzene rings is 1. The molecule has 0 radical (unpaired) electrons. The predicted octanol–water partition coefficient (Wildman–Crippen LogP) is 4.08. The second-order valence-electron chi connectivity index (χ2n) is 6.87. The highest BCUT2D eigenvalue weighted by Crippen LogP contribution is 2.39. The summed E-state index contributed by atoms with van der Waals surface area (Å²) in [4.78, 5) is 26.5. The van der Waals surface area contributed by atoms with Crippen LogP contribution < -0.4 is 14.8 Å². The summed E-state index contributed by atoms with van der Waals surface area (Å²) in [6.07, 6.45) is 5.19. The zero-order chi connectivity index (χ0) is 21.1. The molecule has 2 aliphatic rings. The van der Waals surface area contributed by atoms with Crippen molar-refractivity contribution in [1.29, 1.82) is 5.26 Å². The fraction of sp³-hybridized carbons (Fsp3) is 0.318. The SMILES string of the molecule is CCOC(=O)c1c(NC(=O)/C(C#N)=C/c2ccc3c(c2)OCO3)sc2c1CCCC2. The molecule has 30 heavy (non-hydrogen) atoms. The van der Waals surface area contributed by atoms with E-state index in [0.717, 1.165) is 36.1 Å². The van der Waals surface area contributed by atoms with Gasteiger partial charge in [0.25, 0.3) is 5.91 Å². The van der Waals surface area contributed by atoms with Crippen LogP contribution in [0.2, 0.25) is 0 Å². The number of nitrogens with one attached hydrogen (secondary N) is 1. The minimum absolute atomic E-state index is 0.0740. The van der Waals surface area contributed by atoms with Crippen LogP contribution in [0.5, 0.6) is 11.5 Å². The molecule has 7 nitrogen and oxygen atoms in total. The second kappa shape index (κ2) is 8.59. The Morgan fingerprint density at radius 1 is 1.27 bits per heavy atom. The van der Waals surface area contributed by atoms with E-state index in [1.165, 1.54) is 17.4 Å². The average molecular weight is 424 g/mol. The summed E-state index contributed by atoms with van der Waals surface area (Å²) in [6, 6.07) is 7.12. The molecule has 0 atom stereocenters. The largest absolute Gasteiger partial charge is 0.462 e. The van der Waals surface area contributed by atoms with E-state index in [1.54, 1.807) is 25.1 Å². The van der Waals surface area contributed by atoms with Gasteiger partial charge in [0.05, 0.1) is 12.2 Å². The van der Waals surface area contributed by atoms with Gasteiger partial charge in [-0.2, -0.15) is 5.26 Å². The van der Waals surface area contributed by atoms with Crippen molar-refractivity contribution in [3.63, 3.8) is 0 Å². The maximum absolute atomic E-state index is 12.8. The van der Waals surface area contributed by atoms with Crippen molar-refractivity contribution in [2.24, 2.45) is 0 Å². The summed E-state index contributed by atoms with van der Waals surface area (Å²) in [5.41, 5.74) is 1.95. The van der Waals surface area contributed by atoms with Crippen molar-refractivity contribution in [2.75, 3.05) is 18.7 Å². The highest BCUT2D eigenvalue weighted by Gasteiger charge is 2.27. The number of hydrogen-bond acceptors (Lipinski definition) is 7. The van der Waals surface area contributed by atoms with Gasteiger partial charge in [0, 0.05) is 4.88 Å². The third-order valence-corrected chi connectivity index (χ3v) is 6.16. The van der Waals surface area contributed by atoms with Gasteiger partial charge >= 0.3 is 5.97 Å². The number of nitriles is 1. The lowest BCUT2D eigenvalue weighted by atomic mass is 9.95. The molecule has 8 heteroatoms. The Morgan fingerprint density at radius 2 is 2.07 bits per heavy atom. The molecule has 0 fully saturated rings. The summed E-state index contributed by atoms with van der Waals surface area (Å²) in [7, 11) is 0. The molecule has 1 N–H and O–H groups in total. The third-order valence-electron chi connectivity index (χ3n) is 4.95. The second-order valence-corrected chi connectivity index (χ2v) is 7.98. The lowest BCUT2D eigenvalue weighted by molar-refractivity contribution is -0.112. The lowest BCUT2D eigenvalue weighted by Gasteiger charge is -2.12. The molecule has 1 aliphatic heterocycles. The van der Waals surface area contributed by atoms with Crippen LogP contribution in [0.3, 0.4) is 0 Å². The molecule has 1 aromatic heterocycles. The Bertz CT molecular complexity index is 1080. The highest BCUT2D eigenvalue weighted by atomic mass is 32.1. The Hall–Kier alpha value is -3.31. The first-order valence-corrected chi connectivity index (χ1v) is 10.6. The Labute approximate surface area is 177 Å². The smallest absolute Gasteiger partial charge is 0.341 e. The quantitative estimate of drug-likeness (QED) is 0.441. The van der Waals surface area contributed by atoms with E-state index in [4.69, 9.17) is 14.2 Å². The topological polar surface area (TPSA) is 97.7 Å². The van der Waals surface area contributed by atoms with Crippen molar-refractivity contribution >= 4 is 34.3 Å². The molecule has 0 saturated carbocycles. The number of thiophene rings is 1. The van der Waals surface area contributed by atoms with E-state index >= 15 is 0 Å². The molecule has 0 saturated heterocycles. The van der Waals surface area contributed by atoms with E-state index in [2.05, 4.69) is 5.32 Å². The van der Waals surface area contributed by atoms with Gasteiger partial charge < -0.3 is 19.5 Å². The van der Waals surface area contributed by atoms with Gasteiger partial charge in [-0.05, 0) is 61.9 Å². The van der Waals surface area contributed by atoms with Gasteiger partial charge in [0.1, 0.15) is 16.6 Å². The molecule has 0 spiro atoms. The lowest BCUT2D eigenvalue weighted by Crippen LogP contribution is -2.16. The van der Waals surface area contributed by atoms with Gasteiger partial charge in [0.2, 0.25) is 6.79 Å². The molecular weight excluding hydrogens is 404 g/mol.